The predicted molar refractivity (Wildman–Crippen MR) is 139 cm³/mol. The van der Waals surface area contributed by atoms with E-state index in [2.05, 4.69) is 15.3 Å². The van der Waals surface area contributed by atoms with Crippen LogP contribution in [0.4, 0.5) is 11.8 Å². The van der Waals surface area contributed by atoms with Crippen LogP contribution in [0.15, 0.2) is 24.5 Å². The van der Waals surface area contributed by atoms with Crippen LogP contribution in [0.25, 0.3) is 11.2 Å². The minimum Gasteiger partial charge on any atom is -0.487 e. The van der Waals surface area contributed by atoms with Gasteiger partial charge in [-0.1, -0.05) is 23.2 Å². The normalized spacial score (nSPS) is 26.4. The third-order valence-corrected chi connectivity index (χ3v) is 7.41. The van der Waals surface area contributed by atoms with E-state index in [1.807, 2.05) is 25.7 Å². The summed E-state index contributed by atoms with van der Waals surface area (Å²) in [5.41, 5.74) is 7.16. The van der Waals surface area contributed by atoms with Crippen molar-refractivity contribution in [1.29, 1.82) is 0 Å². The van der Waals surface area contributed by atoms with E-state index in [-0.39, 0.29) is 17.8 Å². The molecule has 38 heavy (non-hydrogen) atoms. The second-order valence-corrected chi connectivity index (χ2v) is 10.7. The molecular formula is C24H27Cl2N7O5. The second-order valence-electron chi connectivity index (χ2n) is 9.86. The Bertz CT molecular complexity index is 1400. The van der Waals surface area contributed by atoms with E-state index in [9.17, 15) is 4.79 Å². The molecule has 0 saturated carbocycles. The number of hydrogen-bond donors (Lipinski definition) is 2. The van der Waals surface area contributed by atoms with Crippen molar-refractivity contribution < 1.29 is 23.7 Å². The number of likely N-dealkylation sites (N-methyl/N-ethyl adjacent to an activating group) is 1. The molecule has 3 aromatic rings. The number of ether oxygens (including phenoxy) is 4. The van der Waals surface area contributed by atoms with Gasteiger partial charge < -0.3 is 34.9 Å². The lowest BCUT2D eigenvalue weighted by Gasteiger charge is -2.39. The highest BCUT2D eigenvalue weighted by atomic mass is 35.5. The Morgan fingerprint density at radius 3 is 2.71 bits per heavy atom. The first-order chi connectivity index (χ1) is 18.1. The van der Waals surface area contributed by atoms with Crippen molar-refractivity contribution in [3.63, 3.8) is 0 Å². The molecule has 5 heterocycles. The number of anilines is 2. The van der Waals surface area contributed by atoms with Crippen LogP contribution in [0.2, 0.25) is 10.0 Å². The third-order valence-electron chi connectivity index (χ3n) is 6.67. The van der Waals surface area contributed by atoms with Gasteiger partial charge in [-0.25, -0.2) is 4.98 Å². The Hall–Kier alpha value is -2.90. The van der Waals surface area contributed by atoms with Crippen molar-refractivity contribution in [2.45, 2.75) is 57.2 Å². The number of hydrogen-bond acceptors (Lipinski definition) is 10. The molecule has 0 spiro atoms. The molecule has 14 heteroatoms. The number of rotatable bonds is 6. The number of nitrogens with one attached hydrogen (secondary N) is 1. The minimum absolute atomic E-state index is 0.0827. The van der Waals surface area contributed by atoms with E-state index < -0.39 is 30.3 Å². The fourth-order valence-corrected chi connectivity index (χ4v) is 5.25. The Morgan fingerprint density at radius 2 is 1.97 bits per heavy atom. The fourth-order valence-electron chi connectivity index (χ4n) is 4.96. The number of fused-ring (bicyclic) bond motifs is 2. The van der Waals surface area contributed by atoms with Gasteiger partial charge in [0, 0.05) is 12.6 Å². The lowest BCUT2D eigenvalue weighted by molar-refractivity contribution is -0.197. The van der Waals surface area contributed by atoms with Gasteiger partial charge in [0.25, 0.3) is 5.91 Å². The maximum absolute atomic E-state index is 12.7. The summed E-state index contributed by atoms with van der Waals surface area (Å²) in [6, 6.07) is 5.15. The molecule has 3 fully saturated rings. The first kappa shape index (κ1) is 25.4. The van der Waals surface area contributed by atoms with Gasteiger partial charge >= 0.3 is 0 Å². The molecule has 0 aliphatic carbocycles. The van der Waals surface area contributed by atoms with Crippen LogP contribution in [-0.4, -0.2) is 75.3 Å². The van der Waals surface area contributed by atoms with Crippen molar-refractivity contribution in [2.24, 2.45) is 0 Å². The van der Waals surface area contributed by atoms with Crippen molar-refractivity contribution in [2.75, 3.05) is 30.3 Å². The van der Waals surface area contributed by atoms with E-state index in [1.54, 1.807) is 29.1 Å². The molecule has 1 amide bonds. The number of benzene rings is 1. The minimum atomic E-state index is -0.876. The number of aromatic nitrogens is 4. The van der Waals surface area contributed by atoms with Crippen LogP contribution in [-0.2, 0) is 19.0 Å². The molecule has 3 saturated heterocycles. The van der Waals surface area contributed by atoms with E-state index in [0.29, 0.717) is 52.5 Å². The van der Waals surface area contributed by atoms with Gasteiger partial charge in [0.15, 0.2) is 29.6 Å². The molecule has 4 atom stereocenters. The highest BCUT2D eigenvalue weighted by molar-refractivity contribution is 6.42. The van der Waals surface area contributed by atoms with E-state index in [0.717, 1.165) is 0 Å². The topological polar surface area (TPSA) is 139 Å². The number of nitrogens with two attached hydrogens (primary N) is 1. The molecule has 3 aliphatic rings. The molecule has 1 aromatic carbocycles. The molecule has 0 bridgehead atoms. The monoisotopic (exact) mass is 563 g/mol. The summed E-state index contributed by atoms with van der Waals surface area (Å²) >= 11 is 12.1. The summed E-state index contributed by atoms with van der Waals surface area (Å²) in [5, 5.41) is 3.70. The number of amides is 1. The molecule has 202 valence electrons. The average Bonchev–Trinajstić information content (AvgIpc) is 3.49. The molecular weight excluding hydrogens is 537 g/mol. The summed E-state index contributed by atoms with van der Waals surface area (Å²) in [5.74, 6) is 0.160. The SMILES string of the molecule is CCNC(=O)[C@H]1O[C@@H](n2cnc3c(N)nc(N4CC(Oc5ccc(Cl)c(Cl)c5)C4)nc32)C2OC(C)(C)O[C@@H]21. The summed E-state index contributed by atoms with van der Waals surface area (Å²) < 4.78 is 26.1. The van der Waals surface area contributed by atoms with Crippen molar-refractivity contribution in [3.05, 3.63) is 34.6 Å². The Morgan fingerprint density at radius 1 is 1.21 bits per heavy atom. The summed E-state index contributed by atoms with van der Waals surface area (Å²) in [6.45, 7) is 7.03. The van der Waals surface area contributed by atoms with E-state index in [4.69, 9.17) is 52.9 Å². The lowest BCUT2D eigenvalue weighted by Crippen LogP contribution is -2.54. The zero-order valence-corrected chi connectivity index (χ0v) is 22.4. The Kier molecular flexibility index (Phi) is 6.27. The van der Waals surface area contributed by atoms with Crippen LogP contribution in [0, 0.1) is 0 Å². The zero-order valence-electron chi connectivity index (χ0n) is 20.9. The third kappa shape index (κ3) is 4.39. The number of nitrogen functional groups attached to an aromatic ring is 1. The van der Waals surface area contributed by atoms with Gasteiger partial charge in [-0.15, -0.1) is 0 Å². The predicted octanol–water partition coefficient (Wildman–Crippen LogP) is 2.54. The number of nitrogens with zero attached hydrogens (tertiary/aromatic N) is 5. The highest BCUT2D eigenvalue weighted by Gasteiger charge is 2.58. The summed E-state index contributed by atoms with van der Waals surface area (Å²) in [6.07, 6.45) is -1.21. The molecule has 0 radical (unpaired) electrons. The van der Waals surface area contributed by atoms with Gasteiger partial charge in [-0.3, -0.25) is 9.36 Å². The zero-order chi connectivity index (χ0) is 26.8. The number of carbonyl (C=O) groups is 1. The van der Waals surface area contributed by atoms with Crippen molar-refractivity contribution in [3.8, 4) is 5.75 Å². The van der Waals surface area contributed by atoms with Crippen LogP contribution < -0.4 is 20.7 Å². The Balaban J connectivity index is 1.24. The van der Waals surface area contributed by atoms with Crippen LogP contribution in [0.3, 0.4) is 0 Å². The highest BCUT2D eigenvalue weighted by Crippen LogP contribution is 2.44. The van der Waals surface area contributed by atoms with Gasteiger partial charge in [0.05, 0.1) is 29.5 Å². The first-order valence-electron chi connectivity index (χ1n) is 12.3. The largest absolute Gasteiger partial charge is 0.487 e. The van der Waals surface area contributed by atoms with Gasteiger partial charge in [-0.05, 0) is 32.9 Å². The molecule has 2 aromatic heterocycles. The van der Waals surface area contributed by atoms with Crippen LogP contribution in [0.5, 0.6) is 5.75 Å². The van der Waals surface area contributed by atoms with Gasteiger partial charge in [0.1, 0.15) is 29.6 Å². The van der Waals surface area contributed by atoms with Crippen LogP contribution >= 0.6 is 23.2 Å². The standard InChI is InChI=1S/C24H27Cl2N7O5/c1-4-28-21(34)17-16-18(38-24(2,3)37-16)22(36-17)33-10-29-15-19(27)30-23(31-20(15)33)32-8-12(9-32)35-11-5-6-13(25)14(26)7-11/h5-7,10,12,16-18,22H,4,8-9H2,1-3H3,(H,28,34)(H2,27,30,31)/t16-,17+,18?,22-/m1/s1. The van der Waals surface area contributed by atoms with E-state index >= 15 is 0 Å². The van der Waals surface area contributed by atoms with Crippen LogP contribution in [0.1, 0.15) is 27.0 Å². The van der Waals surface area contributed by atoms with Crippen molar-refractivity contribution >= 4 is 52.0 Å². The molecule has 6 rings (SSSR count). The van der Waals surface area contributed by atoms with Gasteiger partial charge in [-0.2, -0.15) is 9.97 Å². The molecule has 12 nitrogen and oxygen atoms in total. The first-order valence-corrected chi connectivity index (χ1v) is 13.0. The average molecular weight is 564 g/mol. The summed E-state index contributed by atoms with van der Waals surface area (Å²) in [7, 11) is 0. The fraction of sp³-hybridized carbons (Fsp3) is 0.500. The maximum Gasteiger partial charge on any atom is 0.252 e. The smallest absolute Gasteiger partial charge is 0.252 e. The number of carbonyl (C=O) groups excluding carboxylic acids is 1. The lowest BCUT2D eigenvalue weighted by atomic mass is 10.1. The second kappa shape index (κ2) is 9.38. The Labute approximate surface area is 228 Å². The number of halogens is 2. The quantitative estimate of drug-likeness (QED) is 0.459. The number of imidazole rings is 1. The van der Waals surface area contributed by atoms with Gasteiger partial charge in [0.2, 0.25) is 5.95 Å². The molecule has 3 aliphatic heterocycles. The molecule has 3 N–H and O–H groups in total. The summed E-state index contributed by atoms with van der Waals surface area (Å²) in [4.78, 5) is 28.3. The molecule has 1 unspecified atom stereocenters. The van der Waals surface area contributed by atoms with E-state index in [1.165, 1.54) is 0 Å². The maximum atomic E-state index is 12.7. The van der Waals surface area contributed by atoms with Crippen molar-refractivity contribution in [1.82, 2.24) is 24.8 Å².